The molecule has 0 unspecified atom stereocenters. The zero-order chi connectivity index (χ0) is 14.9. The van der Waals surface area contributed by atoms with E-state index in [1.54, 1.807) is 12.4 Å². The van der Waals surface area contributed by atoms with Gasteiger partial charge in [0.2, 0.25) is 0 Å². The summed E-state index contributed by atoms with van der Waals surface area (Å²) in [7, 11) is 0. The highest BCUT2D eigenvalue weighted by molar-refractivity contribution is 5.84. The first-order valence-electron chi connectivity index (χ1n) is 7.13. The summed E-state index contributed by atoms with van der Waals surface area (Å²) in [6.45, 7) is 2.09. The fourth-order valence-corrected chi connectivity index (χ4v) is 2.61. The Morgan fingerprint density at radius 1 is 0.955 bits per heavy atom. The molecule has 0 bridgehead atoms. The van der Waals surface area contributed by atoms with Gasteiger partial charge in [0, 0.05) is 24.2 Å². The van der Waals surface area contributed by atoms with Crippen molar-refractivity contribution in [3.8, 4) is 22.4 Å². The molecule has 0 atom stereocenters. The molecule has 4 rings (SSSR count). The molecule has 0 aliphatic rings. The lowest BCUT2D eigenvalue weighted by molar-refractivity contribution is 1.26. The molecule has 0 saturated heterocycles. The van der Waals surface area contributed by atoms with E-state index < -0.39 is 0 Å². The number of hydrogen-bond donors (Lipinski definition) is 1. The quantitative estimate of drug-likeness (QED) is 0.606. The first-order chi connectivity index (χ1) is 10.8. The second kappa shape index (κ2) is 5.07. The Hall–Kier alpha value is -3.01. The monoisotopic (exact) mass is 286 g/mol. The van der Waals surface area contributed by atoms with Crippen LogP contribution in [-0.4, -0.2) is 19.9 Å². The average Bonchev–Trinajstić information content (AvgIpc) is 3.03. The Labute approximate surface area is 127 Å². The molecule has 0 aliphatic carbocycles. The first kappa shape index (κ1) is 12.7. The van der Waals surface area contributed by atoms with Crippen molar-refractivity contribution in [1.29, 1.82) is 0 Å². The fraction of sp³-hybridized carbons (Fsp3) is 0.0556. The number of fused-ring (bicyclic) bond motifs is 1. The molecule has 4 nitrogen and oxygen atoms in total. The van der Waals surface area contributed by atoms with Crippen molar-refractivity contribution in [3.63, 3.8) is 0 Å². The van der Waals surface area contributed by atoms with Gasteiger partial charge in [-0.25, -0.2) is 9.97 Å². The van der Waals surface area contributed by atoms with Crippen molar-refractivity contribution in [2.24, 2.45) is 0 Å². The predicted molar refractivity (Wildman–Crippen MR) is 87.3 cm³/mol. The van der Waals surface area contributed by atoms with E-state index in [0.717, 1.165) is 33.5 Å². The third kappa shape index (κ3) is 2.15. The van der Waals surface area contributed by atoms with Gasteiger partial charge in [0.1, 0.15) is 5.52 Å². The summed E-state index contributed by atoms with van der Waals surface area (Å²) in [6, 6.07) is 12.4. The van der Waals surface area contributed by atoms with Gasteiger partial charge in [0.25, 0.3) is 0 Å². The highest BCUT2D eigenvalue weighted by Gasteiger charge is 2.10. The molecule has 4 aromatic rings. The number of nitrogens with zero attached hydrogens (tertiary/aromatic N) is 3. The molecule has 1 N–H and O–H groups in total. The van der Waals surface area contributed by atoms with Gasteiger partial charge in [0.05, 0.1) is 11.9 Å². The summed E-state index contributed by atoms with van der Waals surface area (Å²) in [5.74, 6) is 0. The molecule has 0 radical (unpaired) electrons. The maximum Gasteiger partial charge on any atom is 0.156 e. The number of rotatable bonds is 2. The van der Waals surface area contributed by atoms with E-state index in [-0.39, 0.29) is 0 Å². The number of aryl methyl sites for hydroxylation is 1. The highest BCUT2D eigenvalue weighted by atomic mass is 14.9. The van der Waals surface area contributed by atoms with Crippen LogP contribution in [-0.2, 0) is 0 Å². The molecular formula is C18H14N4. The lowest BCUT2D eigenvalue weighted by Gasteiger charge is -2.10. The number of aromatic amines is 1. The van der Waals surface area contributed by atoms with Crippen LogP contribution in [0.15, 0.2) is 61.2 Å². The second-order valence-electron chi connectivity index (χ2n) is 5.25. The first-order valence-corrected chi connectivity index (χ1v) is 7.13. The smallest absolute Gasteiger partial charge is 0.156 e. The van der Waals surface area contributed by atoms with Crippen molar-refractivity contribution in [3.05, 3.63) is 66.7 Å². The van der Waals surface area contributed by atoms with Gasteiger partial charge in [-0.05, 0) is 42.3 Å². The van der Waals surface area contributed by atoms with Gasteiger partial charge in [0.15, 0.2) is 5.65 Å². The minimum Gasteiger partial charge on any atom is -0.345 e. The van der Waals surface area contributed by atoms with Crippen LogP contribution in [0.25, 0.3) is 33.5 Å². The molecule has 0 spiro atoms. The summed E-state index contributed by atoms with van der Waals surface area (Å²) < 4.78 is 0. The van der Waals surface area contributed by atoms with E-state index in [2.05, 4.69) is 40.1 Å². The van der Waals surface area contributed by atoms with Crippen molar-refractivity contribution in [2.45, 2.75) is 6.92 Å². The molecule has 3 aromatic heterocycles. The van der Waals surface area contributed by atoms with Crippen LogP contribution in [0.2, 0.25) is 0 Å². The minimum absolute atomic E-state index is 0.807. The topological polar surface area (TPSA) is 54.5 Å². The van der Waals surface area contributed by atoms with Crippen molar-refractivity contribution < 1.29 is 0 Å². The Morgan fingerprint density at radius 2 is 1.82 bits per heavy atom. The minimum atomic E-state index is 0.807. The van der Waals surface area contributed by atoms with Crippen molar-refractivity contribution >= 4 is 11.2 Å². The van der Waals surface area contributed by atoms with Gasteiger partial charge >= 0.3 is 0 Å². The predicted octanol–water partition coefficient (Wildman–Crippen LogP) is 4.00. The van der Waals surface area contributed by atoms with E-state index in [1.165, 1.54) is 5.56 Å². The van der Waals surface area contributed by atoms with E-state index in [0.29, 0.717) is 0 Å². The molecule has 22 heavy (non-hydrogen) atoms. The van der Waals surface area contributed by atoms with E-state index >= 15 is 0 Å². The number of nitrogens with one attached hydrogen (secondary N) is 1. The molecule has 3 heterocycles. The SMILES string of the molecule is Cc1ccc(-c2ccncc2)c(-c2cnc3[nH]ccc3n2)c1. The van der Waals surface area contributed by atoms with Gasteiger partial charge in [-0.2, -0.15) is 0 Å². The Balaban J connectivity index is 1.95. The van der Waals surface area contributed by atoms with Gasteiger partial charge in [-0.1, -0.05) is 17.7 Å². The van der Waals surface area contributed by atoms with Crippen LogP contribution in [0, 0.1) is 6.92 Å². The number of benzene rings is 1. The van der Waals surface area contributed by atoms with Crippen LogP contribution in [0.1, 0.15) is 5.56 Å². The lowest BCUT2D eigenvalue weighted by atomic mass is 9.96. The Morgan fingerprint density at radius 3 is 2.68 bits per heavy atom. The molecule has 4 heteroatoms. The van der Waals surface area contributed by atoms with Gasteiger partial charge in [-0.3, -0.25) is 4.98 Å². The summed E-state index contributed by atoms with van der Waals surface area (Å²) in [6.07, 6.45) is 7.28. The summed E-state index contributed by atoms with van der Waals surface area (Å²) in [5.41, 5.74) is 7.10. The molecule has 0 saturated carbocycles. The van der Waals surface area contributed by atoms with Crippen LogP contribution in [0.3, 0.4) is 0 Å². The largest absolute Gasteiger partial charge is 0.345 e. The average molecular weight is 286 g/mol. The third-order valence-electron chi connectivity index (χ3n) is 3.70. The summed E-state index contributed by atoms with van der Waals surface area (Å²) in [5, 5.41) is 0. The maximum atomic E-state index is 4.72. The zero-order valence-corrected chi connectivity index (χ0v) is 12.1. The van der Waals surface area contributed by atoms with E-state index in [9.17, 15) is 0 Å². The lowest BCUT2D eigenvalue weighted by Crippen LogP contribution is -1.91. The Bertz CT molecular complexity index is 942. The highest BCUT2D eigenvalue weighted by Crippen LogP contribution is 2.31. The van der Waals surface area contributed by atoms with Crippen molar-refractivity contribution in [1.82, 2.24) is 19.9 Å². The normalized spacial score (nSPS) is 11.0. The molecule has 0 aliphatic heterocycles. The third-order valence-corrected chi connectivity index (χ3v) is 3.70. The van der Waals surface area contributed by atoms with Gasteiger partial charge < -0.3 is 4.98 Å². The Kier molecular flexibility index (Phi) is 2.93. The standard InChI is InChI=1S/C18H14N4/c1-12-2-3-14(13-4-7-19-8-5-13)15(10-12)17-11-21-18-16(22-17)6-9-20-18/h2-11H,1H3,(H,20,21). The molecule has 106 valence electrons. The second-order valence-corrected chi connectivity index (χ2v) is 5.25. The fourth-order valence-electron chi connectivity index (χ4n) is 2.61. The molecular weight excluding hydrogens is 272 g/mol. The van der Waals surface area contributed by atoms with Crippen LogP contribution in [0.4, 0.5) is 0 Å². The maximum absolute atomic E-state index is 4.72. The number of H-pyrrole nitrogens is 1. The summed E-state index contributed by atoms with van der Waals surface area (Å²) in [4.78, 5) is 16.3. The number of pyridine rings is 1. The molecule has 1 aromatic carbocycles. The van der Waals surface area contributed by atoms with Crippen molar-refractivity contribution in [2.75, 3.05) is 0 Å². The summed E-state index contributed by atoms with van der Waals surface area (Å²) >= 11 is 0. The number of hydrogen-bond acceptors (Lipinski definition) is 3. The van der Waals surface area contributed by atoms with E-state index in [4.69, 9.17) is 4.98 Å². The van der Waals surface area contributed by atoms with Gasteiger partial charge in [-0.15, -0.1) is 0 Å². The van der Waals surface area contributed by atoms with Crippen LogP contribution >= 0.6 is 0 Å². The number of aromatic nitrogens is 4. The molecule has 0 amide bonds. The van der Waals surface area contributed by atoms with Crippen LogP contribution < -0.4 is 0 Å². The molecule has 0 fully saturated rings. The van der Waals surface area contributed by atoms with Crippen LogP contribution in [0.5, 0.6) is 0 Å². The zero-order valence-electron chi connectivity index (χ0n) is 12.1. The van der Waals surface area contributed by atoms with E-state index in [1.807, 2.05) is 30.6 Å².